The summed E-state index contributed by atoms with van der Waals surface area (Å²) >= 11 is 6.16. The largest absolute Gasteiger partial charge is 0.439 e. The summed E-state index contributed by atoms with van der Waals surface area (Å²) in [4.78, 5) is 15.2. The third kappa shape index (κ3) is 5.95. The van der Waals surface area contributed by atoms with Crippen LogP contribution >= 0.6 is 11.6 Å². The van der Waals surface area contributed by atoms with E-state index in [0.717, 1.165) is 35.3 Å². The van der Waals surface area contributed by atoms with Crippen LogP contribution in [-0.4, -0.2) is 34.8 Å². The molecule has 2 aromatic carbocycles. The van der Waals surface area contributed by atoms with E-state index in [1.165, 1.54) is 0 Å². The lowest BCUT2D eigenvalue weighted by Crippen LogP contribution is -2.16. The molecule has 0 bridgehead atoms. The second-order valence-corrected chi connectivity index (χ2v) is 7.78. The molecule has 0 saturated carbocycles. The molecule has 31 heavy (non-hydrogen) atoms. The molecule has 3 rings (SSSR count). The van der Waals surface area contributed by atoms with E-state index in [4.69, 9.17) is 21.1 Å². The van der Waals surface area contributed by atoms with Crippen molar-refractivity contribution in [1.29, 1.82) is 0 Å². The number of benzene rings is 2. The first kappa shape index (κ1) is 22.6. The van der Waals surface area contributed by atoms with E-state index in [0.29, 0.717) is 22.4 Å². The first-order chi connectivity index (χ1) is 14.9. The SMILES string of the molecule is CCCN(C)C=Nc1cc(C)c(Oc2ccnc(Oc3cccc(Cl)c3C)n2)cc1C. The highest BCUT2D eigenvalue weighted by atomic mass is 35.5. The number of aliphatic imine (C=N–C) groups is 1. The first-order valence-corrected chi connectivity index (χ1v) is 10.5. The molecule has 0 radical (unpaired) electrons. The summed E-state index contributed by atoms with van der Waals surface area (Å²) in [5.41, 5.74) is 3.71. The third-order valence-corrected chi connectivity index (χ3v) is 5.11. The Balaban J connectivity index is 1.77. The monoisotopic (exact) mass is 438 g/mol. The minimum atomic E-state index is 0.192. The molecule has 0 aliphatic rings. The molecule has 1 heterocycles. The maximum absolute atomic E-state index is 6.16. The summed E-state index contributed by atoms with van der Waals surface area (Å²) in [5, 5.41) is 0.625. The van der Waals surface area contributed by atoms with Crippen molar-refractivity contribution < 1.29 is 9.47 Å². The molecule has 0 aliphatic heterocycles. The van der Waals surface area contributed by atoms with Gasteiger partial charge in [-0.05, 0) is 62.6 Å². The molecule has 7 heteroatoms. The Bertz CT molecular complexity index is 1090. The molecule has 0 aliphatic carbocycles. The summed E-state index contributed by atoms with van der Waals surface area (Å²) in [5.74, 6) is 1.71. The molecule has 1 aromatic heterocycles. The quantitative estimate of drug-likeness (QED) is 0.291. The molecule has 6 nitrogen and oxygen atoms in total. The van der Waals surface area contributed by atoms with Gasteiger partial charge in [0.25, 0.3) is 0 Å². The van der Waals surface area contributed by atoms with Crippen LogP contribution in [0.1, 0.15) is 30.0 Å². The second-order valence-electron chi connectivity index (χ2n) is 7.37. The lowest BCUT2D eigenvalue weighted by atomic mass is 10.1. The lowest BCUT2D eigenvalue weighted by Gasteiger charge is -2.13. The molecular weight excluding hydrogens is 412 g/mol. The fraction of sp³-hybridized carbons (Fsp3) is 0.292. The maximum atomic E-state index is 6.16. The number of aryl methyl sites for hydroxylation is 2. The Kier molecular flexibility index (Phi) is 7.47. The number of rotatable bonds is 8. The molecule has 3 aromatic rings. The van der Waals surface area contributed by atoms with Crippen LogP contribution in [0.15, 0.2) is 47.6 Å². The Hall–Kier alpha value is -3.12. The minimum Gasteiger partial charge on any atom is -0.439 e. The minimum absolute atomic E-state index is 0.192. The van der Waals surface area contributed by atoms with E-state index < -0.39 is 0 Å². The van der Waals surface area contributed by atoms with Gasteiger partial charge in [-0.25, -0.2) is 9.98 Å². The molecule has 0 fully saturated rings. The van der Waals surface area contributed by atoms with E-state index in [1.807, 2.05) is 64.5 Å². The Labute approximate surface area is 188 Å². The van der Waals surface area contributed by atoms with E-state index in [9.17, 15) is 0 Å². The van der Waals surface area contributed by atoms with Crippen LogP contribution in [0.4, 0.5) is 5.69 Å². The van der Waals surface area contributed by atoms with E-state index in [-0.39, 0.29) is 6.01 Å². The van der Waals surface area contributed by atoms with Crippen molar-refractivity contribution >= 4 is 23.6 Å². The second kappa shape index (κ2) is 10.3. The van der Waals surface area contributed by atoms with Gasteiger partial charge >= 0.3 is 6.01 Å². The normalized spacial score (nSPS) is 11.0. The Morgan fingerprint density at radius 3 is 2.65 bits per heavy atom. The molecule has 0 spiro atoms. The van der Waals surface area contributed by atoms with Crippen molar-refractivity contribution in [3.8, 4) is 23.4 Å². The van der Waals surface area contributed by atoms with Gasteiger partial charge in [-0.1, -0.05) is 24.6 Å². The zero-order chi connectivity index (χ0) is 22.4. The average molecular weight is 439 g/mol. The summed E-state index contributed by atoms with van der Waals surface area (Å²) < 4.78 is 11.8. The molecule has 162 valence electrons. The van der Waals surface area contributed by atoms with Gasteiger partial charge in [0, 0.05) is 36.4 Å². The van der Waals surface area contributed by atoms with Gasteiger partial charge in [0.1, 0.15) is 11.5 Å². The van der Waals surface area contributed by atoms with Crippen LogP contribution < -0.4 is 9.47 Å². The van der Waals surface area contributed by atoms with Crippen LogP contribution in [0, 0.1) is 20.8 Å². The zero-order valence-corrected chi connectivity index (χ0v) is 19.3. The summed E-state index contributed by atoms with van der Waals surface area (Å²) in [6, 6.07) is 11.3. The molecule has 0 saturated heterocycles. The van der Waals surface area contributed by atoms with Gasteiger partial charge in [-0.2, -0.15) is 4.98 Å². The summed E-state index contributed by atoms with van der Waals surface area (Å²) in [6.45, 7) is 8.99. The maximum Gasteiger partial charge on any atom is 0.325 e. The van der Waals surface area contributed by atoms with Crippen molar-refractivity contribution in [1.82, 2.24) is 14.9 Å². The number of ether oxygens (including phenoxy) is 2. The van der Waals surface area contributed by atoms with Crippen molar-refractivity contribution in [2.24, 2.45) is 4.99 Å². The average Bonchev–Trinajstić information content (AvgIpc) is 2.73. The van der Waals surface area contributed by atoms with Crippen molar-refractivity contribution in [2.45, 2.75) is 34.1 Å². The summed E-state index contributed by atoms with van der Waals surface area (Å²) in [6.07, 6.45) is 4.54. The highest BCUT2D eigenvalue weighted by molar-refractivity contribution is 6.31. The van der Waals surface area contributed by atoms with Gasteiger partial charge < -0.3 is 14.4 Å². The van der Waals surface area contributed by atoms with Crippen LogP contribution in [0.5, 0.6) is 23.4 Å². The smallest absolute Gasteiger partial charge is 0.325 e. The predicted molar refractivity (Wildman–Crippen MR) is 125 cm³/mol. The van der Waals surface area contributed by atoms with Crippen LogP contribution in [0.25, 0.3) is 0 Å². The predicted octanol–water partition coefficient (Wildman–Crippen LogP) is 6.64. The van der Waals surface area contributed by atoms with Gasteiger partial charge in [-0.3, -0.25) is 0 Å². The molecule has 0 unspecified atom stereocenters. The molecule has 0 N–H and O–H groups in total. The first-order valence-electron chi connectivity index (χ1n) is 10.2. The number of nitrogens with zero attached hydrogens (tertiary/aromatic N) is 4. The van der Waals surface area contributed by atoms with Gasteiger partial charge in [0.15, 0.2) is 0 Å². The van der Waals surface area contributed by atoms with Crippen molar-refractivity contribution in [3.63, 3.8) is 0 Å². The van der Waals surface area contributed by atoms with Crippen LogP contribution in [0.2, 0.25) is 5.02 Å². The number of hydrogen-bond donors (Lipinski definition) is 0. The Morgan fingerprint density at radius 1 is 1.06 bits per heavy atom. The van der Waals surface area contributed by atoms with Crippen LogP contribution in [0.3, 0.4) is 0 Å². The zero-order valence-electron chi connectivity index (χ0n) is 18.5. The van der Waals surface area contributed by atoms with Crippen molar-refractivity contribution in [2.75, 3.05) is 13.6 Å². The van der Waals surface area contributed by atoms with E-state index >= 15 is 0 Å². The Morgan fingerprint density at radius 2 is 1.87 bits per heavy atom. The fourth-order valence-electron chi connectivity index (χ4n) is 2.94. The molecule has 0 atom stereocenters. The topological polar surface area (TPSA) is 59.8 Å². The summed E-state index contributed by atoms with van der Waals surface area (Å²) in [7, 11) is 2.02. The third-order valence-electron chi connectivity index (χ3n) is 4.71. The lowest BCUT2D eigenvalue weighted by molar-refractivity contribution is 0.408. The highest BCUT2D eigenvalue weighted by Crippen LogP contribution is 2.32. The van der Waals surface area contributed by atoms with Gasteiger partial charge in [0.05, 0.1) is 12.0 Å². The molecule has 0 amide bonds. The number of hydrogen-bond acceptors (Lipinski definition) is 5. The number of halogens is 1. The van der Waals surface area contributed by atoms with Gasteiger partial charge in [-0.15, -0.1) is 0 Å². The standard InChI is InChI=1S/C24H27ClN4O2/c1-6-12-29(5)15-27-20-13-17(3)22(14-16(20)2)30-23-10-11-26-24(28-23)31-21-9-7-8-19(25)18(21)4/h7-11,13-15H,6,12H2,1-5H3. The fourth-order valence-corrected chi connectivity index (χ4v) is 3.10. The highest BCUT2D eigenvalue weighted by Gasteiger charge is 2.10. The van der Waals surface area contributed by atoms with E-state index in [1.54, 1.807) is 12.3 Å². The van der Waals surface area contributed by atoms with Crippen LogP contribution in [-0.2, 0) is 0 Å². The van der Waals surface area contributed by atoms with Crippen molar-refractivity contribution in [3.05, 3.63) is 64.3 Å². The van der Waals surface area contributed by atoms with E-state index in [2.05, 4.69) is 26.8 Å². The number of aromatic nitrogens is 2. The molecular formula is C24H27ClN4O2. The van der Waals surface area contributed by atoms with Gasteiger partial charge in [0.2, 0.25) is 5.88 Å².